The van der Waals surface area contributed by atoms with Gasteiger partial charge in [0.1, 0.15) is 11.5 Å². The van der Waals surface area contributed by atoms with E-state index in [1.807, 2.05) is 30.5 Å². The lowest BCUT2D eigenvalue weighted by Crippen LogP contribution is -1.95. The minimum absolute atomic E-state index is 0.254. The Kier molecular flexibility index (Phi) is 2.61. The van der Waals surface area contributed by atoms with Crippen molar-refractivity contribution in [3.8, 4) is 17.1 Å². The number of aromatic nitrogens is 3. The molecule has 3 nitrogen and oxygen atoms in total. The van der Waals surface area contributed by atoms with Gasteiger partial charge in [-0.2, -0.15) is 5.10 Å². The van der Waals surface area contributed by atoms with Crippen molar-refractivity contribution >= 4 is 0 Å². The molecule has 0 aliphatic rings. The lowest BCUT2D eigenvalue weighted by molar-refractivity contribution is 0.627. The van der Waals surface area contributed by atoms with Crippen molar-refractivity contribution in [2.75, 3.05) is 0 Å². The van der Waals surface area contributed by atoms with Gasteiger partial charge in [0, 0.05) is 12.4 Å². The number of nitrogens with zero attached hydrogens (tertiary/aromatic N) is 3. The van der Waals surface area contributed by atoms with Crippen LogP contribution in [0.1, 0.15) is 0 Å². The van der Waals surface area contributed by atoms with E-state index in [9.17, 15) is 4.39 Å². The van der Waals surface area contributed by atoms with Gasteiger partial charge in [-0.1, -0.05) is 6.07 Å². The molecule has 0 bridgehead atoms. The van der Waals surface area contributed by atoms with Gasteiger partial charge < -0.3 is 0 Å². The zero-order chi connectivity index (χ0) is 12.4. The smallest absolute Gasteiger partial charge is 0.123 e. The van der Waals surface area contributed by atoms with E-state index in [2.05, 4.69) is 10.1 Å². The highest BCUT2D eigenvalue weighted by atomic mass is 19.1. The molecular formula is C14H10FN3. The molecule has 18 heavy (non-hydrogen) atoms. The maximum atomic E-state index is 12.8. The monoisotopic (exact) mass is 239 g/mol. The minimum Gasteiger partial charge on any atom is -0.255 e. The van der Waals surface area contributed by atoms with E-state index in [1.54, 1.807) is 23.0 Å². The third kappa shape index (κ3) is 2.00. The van der Waals surface area contributed by atoms with Crippen molar-refractivity contribution in [2.24, 2.45) is 0 Å². The van der Waals surface area contributed by atoms with Crippen molar-refractivity contribution < 1.29 is 4.39 Å². The third-order valence-corrected chi connectivity index (χ3v) is 2.61. The average molecular weight is 239 g/mol. The highest BCUT2D eigenvalue weighted by molar-refractivity contribution is 5.53. The lowest BCUT2D eigenvalue weighted by atomic mass is 10.3. The summed E-state index contributed by atoms with van der Waals surface area (Å²) >= 11 is 0. The van der Waals surface area contributed by atoms with Crippen molar-refractivity contribution in [1.82, 2.24) is 14.8 Å². The molecule has 0 spiro atoms. The predicted molar refractivity (Wildman–Crippen MR) is 66.8 cm³/mol. The summed E-state index contributed by atoms with van der Waals surface area (Å²) in [5, 5.41) is 4.41. The lowest BCUT2D eigenvalue weighted by Gasteiger charge is -2.00. The molecule has 0 aliphatic carbocycles. The van der Waals surface area contributed by atoms with E-state index >= 15 is 0 Å². The fourth-order valence-corrected chi connectivity index (χ4v) is 1.71. The normalized spacial score (nSPS) is 10.5. The van der Waals surface area contributed by atoms with Crippen LogP contribution in [-0.2, 0) is 0 Å². The Morgan fingerprint density at radius 1 is 0.889 bits per heavy atom. The van der Waals surface area contributed by atoms with Gasteiger partial charge in [-0.3, -0.25) is 4.98 Å². The third-order valence-electron chi connectivity index (χ3n) is 2.61. The van der Waals surface area contributed by atoms with Crippen LogP contribution in [-0.4, -0.2) is 14.8 Å². The van der Waals surface area contributed by atoms with Gasteiger partial charge in [0.25, 0.3) is 0 Å². The Labute approximate surface area is 104 Å². The van der Waals surface area contributed by atoms with Crippen LogP contribution in [0, 0.1) is 5.82 Å². The van der Waals surface area contributed by atoms with E-state index in [-0.39, 0.29) is 5.82 Å². The number of pyridine rings is 1. The molecule has 0 fully saturated rings. The van der Waals surface area contributed by atoms with Gasteiger partial charge in [0.2, 0.25) is 0 Å². The number of hydrogen-bond acceptors (Lipinski definition) is 2. The predicted octanol–water partition coefficient (Wildman–Crippen LogP) is 3.07. The second-order valence-electron chi connectivity index (χ2n) is 3.84. The van der Waals surface area contributed by atoms with E-state index in [4.69, 9.17) is 0 Å². The van der Waals surface area contributed by atoms with Gasteiger partial charge >= 0.3 is 0 Å². The van der Waals surface area contributed by atoms with Crippen LogP contribution >= 0.6 is 0 Å². The zero-order valence-electron chi connectivity index (χ0n) is 9.49. The molecule has 3 aromatic rings. The molecule has 0 saturated carbocycles. The van der Waals surface area contributed by atoms with Crippen LogP contribution in [0.4, 0.5) is 4.39 Å². The summed E-state index contributed by atoms with van der Waals surface area (Å²) in [6, 6.07) is 13.8. The summed E-state index contributed by atoms with van der Waals surface area (Å²) < 4.78 is 14.5. The summed E-state index contributed by atoms with van der Waals surface area (Å²) in [7, 11) is 0. The standard InChI is InChI=1S/C14H10FN3/c15-11-4-6-12(7-5-11)18-10-8-14(17-18)13-3-1-2-9-16-13/h1-10H. The fraction of sp³-hybridized carbons (Fsp3) is 0. The quantitative estimate of drug-likeness (QED) is 0.688. The Morgan fingerprint density at radius 2 is 1.72 bits per heavy atom. The van der Waals surface area contributed by atoms with Gasteiger partial charge in [-0.15, -0.1) is 0 Å². The van der Waals surface area contributed by atoms with Crippen molar-refractivity contribution in [3.63, 3.8) is 0 Å². The summed E-state index contributed by atoms with van der Waals surface area (Å²) in [6.07, 6.45) is 3.56. The number of halogens is 1. The highest BCUT2D eigenvalue weighted by Gasteiger charge is 2.04. The van der Waals surface area contributed by atoms with Crippen LogP contribution in [0.5, 0.6) is 0 Å². The summed E-state index contributed by atoms with van der Waals surface area (Å²) in [4.78, 5) is 4.23. The fourth-order valence-electron chi connectivity index (χ4n) is 1.71. The largest absolute Gasteiger partial charge is 0.255 e. The van der Waals surface area contributed by atoms with E-state index in [0.717, 1.165) is 17.1 Å². The molecule has 4 heteroatoms. The molecule has 2 heterocycles. The molecule has 3 rings (SSSR count). The Bertz CT molecular complexity index is 644. The Balaban J connectivity index is 1.97. The second kappa shape index (κ2) is 4.41. The minimum atomic E-state index is -0.254. The van der Waals surface area contributed by atoms with Crippen LogP contribution in [0.3, 0.4) is 0 Å². The molecule has 0 amide bonds. The van der Waals surface area contributed by atoms with E-state index in [0.29, 0.717) is 0 Å². The van der Waals surface area contributed by atoms with E-state index in [1.165, 1.54) is 12.1 Å². The number of rotatable bonds is 2. The van der Waals surface area contributed by atoms with Crippen LogP contribution in [0.2, 0.25) is 0 Å². The second-order valence-corrected chi connectivity index (χ2v) is 3.84. The summed E-state index contributed by atoms with van der Waals surface area (Å²) in [5.41, 5.74) is 2.43. The number of hydrogen-bond donors (Lipinski definition) is 0. The topological polar surface area (TPSA) is 30.7 Å². The summed E-state index contributed by atoms with van der Waals surface area (Å²) in [5.74, 6) is -0.254. The molecule has 0 atom stereocenters. The zero-order valence-corrected chi connectivity index (χ0v) is 9.49. The van der Waals surface area contributed by atoms with Crippen LogP contribution in [0.25, 0.3) is 17.1 Å². The molecule has 0 unspecified atom stereocenters. The first-order chi connectivity index (χ1) is 8.83. The highest BCUT2D eigenvalue weighted by Crippen LogP contribution is 2.15. The van der Waals surface area contributed by atoms with Crippen LogP contribution < -0.4 is 0 Å². The van der Waals surface area contributed by atoms with Crippen molar-refractivity contribution in [1.29, 1.82) is 0 Å². The number of benzene rings is 1. The van der Waals surface area contributed by atoms with Gasteiger partial charge in [-0.25, -0.2) is 9.07 Å². The van der Waals surface area contributed by atoms with Crippen LogP contribution in [0.15, 0.2) is 60.9 Å². The molecular weight excluding hydrogens is 229 g/mol. The molecule has 0 aliphatic heterocycles. The summed E-state index contributed by atoms with van der Waals surface area (Å²) in [6.45, 7) is 0. The van der Waals surface area contributed by atoms with Gasteiger partial charge in [-0.05, 0) is 42.5 Å². The van der Waals surface area contributed by atoms with E-state index < -0.39 is 0 Å². The Hall–Kier alpha value is -2.49. The molecule has 0 N–H and O–H groups in total. The Morgan fingerprint density at radius 3 is 2.44 bits per heavy atom. The first kappa shape index (κ1) is 10.7. The average Bonchev–Trinajstić information content (AvgIpc) is 2.90. The SMILES string of the molecule is Fc1ccc(-n2ccc(-c3ccccn3)n2)cc1. The first-order valence-corrected chi connectivity index (χ1v) is 5.56. The molecule has 2 aromatic heterocycles. The van der Waals surface area contributed by atoms with Gasteiger partial charge in [0.05, 0.1) is 11.4 Å². The van der Waals surface area contributed by atoms with Crippen molar-refractivity contribution in [2.45, 2.75) is 0 Å². The maximum absolute atomic E-state index is 12.8. The van der Waals surface area contributed by atoms with Crippen molar-refractivity contribution in [3.05, 3.63) is 66.7 Å². The molecule has 0 saturated heterocycles. The maximum Gasteiger partial charge on any atom is 0.123 e. The first-order valence-electron chi connectivity index (χ1n) is 5.56. The molecule has 1 aromatic carbocycles. The molecule has 0 radical (unpaired) electrons. The van der Waals surface area contributed by atoms with Gasteiger partial charge in [0.15, 0.2) is 0 Å². The molecule has 88 valence electrons.